The van der Waals surface area contributed by atoms with Crippen LogP contribution in [0, 0.1) is 5.82 Å². The van der Waals surface area contributed by atoms with Crippen molar-refractivity contribution in [3.05, 3.63) is 40.9 Å². The van der Waals surface area contributed by atoms with E-state index < -0.39 is 0 Å². The van der Waals surface area contributed by atoms with E-state index in [2.05, 4.69) is 18.8 Å². The van der Waals surface area contributed by atoms with Crippen LogP contribution in [0.25, 0.3) is 10.8 Å². The van der Waals surface area contributed by atoms with Crippen molar-refractivity contribution < 1.29 is 4.39 Å². The zero-order valence-corrected chi connectivity index (χ0v) is 9.35. The molecule has 0 spiro atoms. The van der Waals surface area contributed by atoms with Crippen molar-refractivity contribution in [2.24, 2.45) is 0 Å². The monoisotopic (exact) mass is 223 g/mol. The Balaban J connectivity index is 2.84. The summed E-state index contributed by atoms with van der Waals surface area (Å²) in [6.45, 7) is 4.10. The molecule has 0 saturated heterocycles. The van der Waals surface area contributed by atoms with E-state index in [-0.39, 0.29) is 5.82 Å². The van der Waals surface area contributed by atoms with Crippen LogP contribution in [0.4, 0.5) is 4.39 Å². The van der Waals surface area contributed by atoms with Gasteiger partial charge in [0.1, 0.15) is 11.0 Å². The molecule has 0 fully saturated rings. The lowest BCUT2D eigenvalue weighted by atomic mass is 9.99. The summed E-state index contributed by atoms with van der Waals surface area (Å²) in [7, 11) is 0. The highest BCUT2D eigenvalue weighted by molar-refractivity contribution is 6.34. The van der Waals surface area contributed by atoms with Crippen LogP contribution >= 0.6 is 11.6 Å². The minimum absolute atomic E-state index is 0.244. The van der Waals surface area contributed by atoms with Crippen molar-refractivity contribution >= 4 is 22.4 Å². The van der Waals surface area contributed by atoms with E-state index in [1.807, 2.05) is 0 Å². The Kier molecular flexibility index (Phi) is 2.61. The molecule has 0 amide bonds. The number of fused-ring (bicyclic) bond motifs is 1. The number of aromatic nitrogens is 1. The fourth-order valence-electron chi connectivity index (χ4n) is 1.66. The molecule has 1 aromatic heterocycles. The molecule has 0 saturated carbocycles. The predicted molar refractivity (Wildman–Crippen MR) is 60.8 cm³/mol. The molecule has 1 aromatic carbocycles. The van der Waals surface area contributed by atoms with Gasteiger partial charge in [-0.05, 0) is 35.1 Å². The molecule has 1 heterocycles. The Morgan fingerprint density at radius 1 is 1.27 bits per heavy atom. The minimum Gasteiger partial charge on any atom is -0.244 e. The summed E-state index contributed by atoms with van der Waals surface area (Å²) in [6.07, 6.45) is 1.72. The highest BCUT2D eigenvalue weighted by atomic mass is 35.5. The van der Waals surface area contributed by atoms with Gasteiger partial charge in [0, 0.05) is 11.6 Å². The fourth-order valence-corrected chi connectivity index (χ4v) is 1.87. The largest absolute Gasteiger partial charge is 0.244 e. The SMILES string of the molecule is CC(C)c1cnc(Cl)c2ccc(F)cc12. The van der Waals surface area contributed by atoms with Gasteiger partial charge in [-0.1, -0.05) is 25.4 Å². The summed E-state index contributed by atoms with van der Waals surface area (Å²) in [4.78, 5) is 4.10. The number of hydrogen-bond donors (Lipinski definition) is 0. The zero-order chi connectivity index (χ0) is 11.0. The topological polar surface area (TPSA) is 12.9 Å². The van der Waals surface area contributed by atoms with Crippen LogP contribution in [0.3, 0.4) is 0 Å². The first-order valence-corrected chi connectivity index (χ1v) is 5.21. The number of nitrogens with zero attached hydrogens (tertiary/aromatic N) is 1. The maximum atomic E-state index is 13.1. The normalized spacial score (nSPS) is 11.3. The second-order valence-corrected chi connectivity index (χ2v) is 4.21. The van der Waals surface area contributed by atoms with Crippen molar-refractivity contribution in [2.75, 3.05) is 0 Å². The number of halogens is 2. The van der Waals surface area contributed by atoms with Crippen LogP contribution in [-0.4, -0.2) is 4.98 Å². The van der Waals surface area contributed by atoms with Gasteiger partial charge in [-0.25, -0.2) is 9.37 Å². The average Bonchev–Trinajstić information content (AvgIpc) is 2.17. The molecule has 2 aromatic rings. The van der Waals surface area contributed by atoms with Gasteiger partial charge >= 0.3 is 0 Å². The Hall–Kier alpha value is -1.15. The van der Waals surface area contributed by atoms with Gasteiger partial charge in [0.25, 0.3) is 0 Å². The van der Waals surface area contributed by atoms with Gasteiger partial charge in [-0.2, -0.15) is 0 Å². The Labute approximate surface area is 92.9 Å². The second-order valence-electron chi connectivity index (χ2n) is 3.85. The van der Waals surface area contributed by atoms with E-state index in [0.29, 0.717) is 11.1 Å². The molecule has 0 unspecified atom stereocenters. The highest BCUT2D eigenvalue weighted by Gasteiger charge is 2.09. The minimum atomic E-state index is -0.244. The zero-order valence-electron chi connectivity index (χ0n) is 8.59. The van der Waals surface area contributed by atoms with Crippen molar-refractivity contribution in [1.82, 2.24) is 4.98 Å². The Morgan fingerprint density at radius 3 is 2.67 bits per heavy atom. The molecule has 0 aliphatic heterocycles. The van der Waals surface area contributed by atoms with Crippen LogP contribution in [-0.2, 0) is 0 Å². The predicted octanol–water partition coefficient (Wildman–Crippen LogP) is 4.15. The fraction of sp³-hybridized carbons (Fsp3) is 0.250. The van der Waals surface area contributed by atoms with E-state index in [1.165, 1.54) is 12.1 Å². The third-order valence-corrected chi connectivity index (χ3v) is 2.76. The lowest BCUT2D eigenvalue weighted by molar-refractivity contribution is 0.629. The molecule has 0 aliphatic rings. The van der Waals surface area contributed by atoms with Crippen LogP contribution in [0.15, 0.2) is 24.4 Å². The molecular formula is C12H11ClFN. The number of rotatable bonds is 1. The summed E-state index contributed by atoms with van der Waals surface area (Å²) >= 11 is 5.95. The van der Waals surface area contributed by atoms with Crippen molar-refractivity contribution in [3.63, 3.8) is 0 Å². The van der Waals surface area contributed by atoms with Crippen molar-refractivity contribution in [2.45, 2.75) is 19.8 Å². The summed E-state index contributed by atoms with van der Waals surface area (Å²) < 4.78 is 13.1. The third kappa shape index (κ3) is 1.82. The van der Waals surface area contributed by atoms with E-state index in [0.717, 1.165) is 16.3 Å². The molecule has 0 aliphatic carbocycles. The molecular weight excluding hydrogens is 213 g/mol. The molecule has 1 nitrogen and oxygen atoms in total. The van der Waals surface area contributed by atoms with Crippen LogP contribution in [0.5, 0.6) is 0 Å². The van der Waals surface area contributed by atoms with Gasteiger partial charge in [0.2, 0.25) is 0 Å². The highest BCUT2D eigenvalue weighted by Crippen LogP contribution is 2.29. The van der Waals surface area contributed by atoms with E-state index in [1.54, 1.807) is 12.3 Å². The molecule has 2 rings (SSSR count). The first kappa shape index (κ1) is 10.4. The number of benzene rings is 1. The second kappa shape index (κ2) is 3.78. The summed E-state index contributed by atoms with van der Waals surface area (Å²) in [5, 5.41) is 2.09. The van der Waals surface area contributed by atoms with Crippen LogP contribution in [0.1, 0.15) is 25.3 Å². The smallest absolute Gasteiger partial charge is 0.136 e. The van der Waals surface area contributed by atoms with Gasteiger partial charge in [0.15, 0.2) is 0 Å². The molecule has 0 N–H and O–H groups in total. The summed E-state index contributed by atoms with van der Waals surface area (Å²) in [6, 6.07) is 4.59. The standard InChI is InChI=1S/C12H11ClFN/c1-7(2)11-6-15-12(13)9-4-3-8(14)5-10(9)11/h3-7H,1-2H3. The van der Waals surface area contributed by atoms with Gasteiger partial charge < -0.3 is 0 Å². The molecule has 3 heteroatoms. The molecule has 78 valence electrons. The van der Waals surface area contributed by atoms with Gasteiger partial charge in [-0.15, -0.1) is 0 Å². The number of pyridine rings is 1. The van der Waals surface area contributed by atoms with Gasteiger partial charge in [-0.3, -0.25) is 0 Å². The molecule has 15 heavy (non-hydrogen) atoms. The number of hydrogen-bond acceptors (Lipinski definition) is 1. The molecule has 0 atom stereocenters. The van der Waals surface area contributed by atoms with Gasteiger partial charge in [0.05, 0.1) is 0 Å². The van der Waals surface area contributed by atoms with Crippen molar-refractivity contribution in [1.29, 1.82) is 0 Å². The van der Waals surface area contributed by atoms with E-state index >= 15 is 0 Å². The summed E-state index contributed by atoms with van der Waals surface area (Å²) in [5.74, 6) is 0.0609. The quantitative estimate of drug-likeness (QED) is 0.662. The van der Waals surface area contributed by atoms with Crippen LogP contribution in [0.2, 0.25) is 5.15 Å². The average molecular weight is 224 g/mol. The first-order valence-electron chi connectivity index (χ1n) is 4.83. The van der Waals surface area contributed by atoms with E-state index in [9.17, 15) is 4.39 Å². The van der Waals surface area contributed by atoms with E-state index in [4.69, 9.17) is 11.6 Å². The maximum absolute atomic E-state index is 13.1. The molecule has 0 bridgehead atoms. The first-order chi connectivity index (χ1) is 7.09. The third-order valence-electron chi connectivity index (χ3n) is 2.45. The summed E-state index contributed by atoms with van der Waals surface area (Å²) in [5.41, 5.74) is 1.02. The maximum Gasteiger partial charge on any atom is 0.136 e. The van der Waals surface area contributed by atoms with Crippen molar-refractivity contribution in [3.8, 4) is 0 Å². The lowest BCUT2D eigenvalue weighted by Crippen LogP contribution is -1.93. The Morgan fingerprint density at radius 2 is 2.00 bits per heavy atom. The lowest BCUT2D eigenvalue weighted by Gasteiger charge is -2.10. The van der Waals surface area contributed by atoms with Crippen LogP contribution < -0.4 is 0 Å². The Bertz CT molecular complexity index is 508. The molecule has 0 radical (unpaired) electrons.